The van der Waals surface area contributed by atoms with Crippen molar-refractivity contribution >= 4 is 49.9 Å². The minimum Gasteiger partial charge on any atom is -0.482 e. The van der Waals surface area contributed by atoms with Crippen LogP contribution < -0.4 is 15.0 Å². The van der Waals surface area contributed by atoms with Gasteiger partial charge in [-0.15, -0.1) is 11.3 Å². The third kappa shape index (κ3) is 3.90. The van der Waals surface area contributed by atoms with E-state index in [9.17, 15) is 9.59 Å². The molecule has 0 unspecified atom stereocenters. The summed E-state index contributed by atoms with van der Waals surface area (Å²) in [5, 5.41) is 3.39. The Bertz CT molecular complexity index is 1110. The van der Waals surface area contributed by atoms with Gasteiger partial charge in [0.1, 0.15) is 5.75 Å². The Hall–Kier alpha value is -2.71. The van der Waals surface area contributed by atoms with Crippen LogP contribution in [-0.4, -0.2) is 29.9 Å². The summed E-state index contributed by atoms with van der Waals surface area (Å²) in [5.74, 6) is 0.411. The summed E-state index contributed by atoms with van der Waals surface area (Å²) in [6.45, 7) is 4.52. The van der Waals surface area contributed by atoms with Gasteiger partial charge in [-0.25, -0.2) is 4.98 Å². The first-order valence-corrected chi connectivity index (χ1v) is 10.7. The second kappa shape index (κ2) is 7.96. The summed E-state index contributed by atoms with van der Waals surface area (Å²) < 4.78 is 6.38. The number of carbonyl (C=O) groups excluding carboxylic acids is 2. The van der Waals surface area contributed by atoms with Gasteiger partial charge in [-0.3, -0.25) is 14.9 Å². The van der Waals surface area contributed by atoms with Crippen LogP contribution in [-0.2, 0) is 4.79 Å². The molecule has 8 heteroatoms. The molecule has 0 saturated carbocycles. The number of aromatic nitrogens is 1. The lowest BCUT2D eigenvalue weighted by Gasteiger charge is -2.28. The molecule has 148 valence electrons. The van der Waals surface area contributed by atoms with Crippen molar-refractivity contribution < 1.29 is 14.3 Å². The molecule has 1 aliphatic heterocycles. The number of hydrogen-bond donors (Lipinski definition) is 1. The van der Waals surface area contributed by atoms with Crippen molar-refractivity contribution in [2.45, 2.75) is 13.8 Å². The van der Waals surface area contributed by atoms with Crippen molar-refractivity contribution in [2.75, 3.05) is 23.4 Å². The molecule has 4 rings (SSSR count). The van der Waals surface area contributed by atoms with Crippen LogP contribution in [0.5, 0.6) is 5.75 Å². The Morgan fingerprint density at radius 2 is 2.14 bits per heavy atom. The van der Waals surface area contributed by atoms with Gasteiger partial charge in [-0.2, -0.15) is 0 Å². The van der Waals surface area contributed by atoms with Crippen molar-refractivity contribution in [3.63, 3.8) is 0 Å². The number of hydrogen-bond acceptors (Lipinski definition) is 5. The molecule has 0 spiro atoms. The molecular weight excluding hydrogens is 454 g/mol. The Kier molecular flexibility index (Phi) is 5.38. The molecule has 0 fully saturated rings. The smallest absolute Gasteiger partial charge is 0.265 e. The van der Waals surface area contributed by atoms with E-state index in [4.69, 9.17) is 4.74 Å². The highest BCUT2D eigenvalue weighted by Crippen LogP contribution is 2.38. The molecule has 2 aromatic carbocycles. The molecule has 2 heterocycles. The molecule has 2 amide bonds. The highest BCUT2D eigenvalue weighted by atomic mass is 79.9. The van der Waals surface area contributed by atoms with Gasteiger partial charge in [0.25, 0.3) is 11.8 Å². The van der Waals surface area contributed by atoms with E-state index in [0.29, 0.717) is 23.0 Å². The third-order valence-electron chi connectivity index (χ3n) is 4.60. The maximum Gasteiger partial charge on any atom is 0.265 e. The maximum absolute atomic E-state index is 12.5. The zero-order valence-electron chi connectivity index (χ0n) is 15.9. The summed E-state index contributed by atoms with van der Waals surface area (Å²) in [7, 11) is 0. The molecule has 29 heavy (non-hydrogen) atoms. The van der Waals surface area contributed by atoms with E-state index in [1.807, 2.05) is 44.2 Å². The molecule has 6 nitrogen and oxygen atoms in total. The van der Waals surface area contributed by atoms with Crippen LogP contribution in [0.3, 0.4) is 0 Å². The number of rotatable bonds is 4. The van der Waals surface area contributed by atoms with Crippen LogP contribution in [0.1, 0.15) is 22.2 Å². The van der Waals surface area contributed by atoms with Crippen LogP contribution in [0.2, 0.25) is 0 Å². The van der Waals surface area contributed by atoms with Crippen LogP contribution in [0, 0.1) is 6.92 Å². The normalized spacial score (nSPS) is 13.1. The van der Waals surface area contributed by atoms with Gasteiger partial charge in [0.2, 0.25) is 0 Å². The van der Waals surface area contributed by atoms with E-state index in [0.717, 1.165) is 26.3 Å². The van der Waals surface area contributed by atoms with Crippen molar-refractivity contribution in [1.82, 2.24) is 4.98 Å². The predicted octanol–water partition coefficient (Wildman–Crippen LogP) is 4.88. The van der Waals surface area contributed by atoms with E-state index < -0.39 is 0 Å². The summed E-state index contributed by atoms with van der Waals surface area (Å²) in [5.41, 5.74) is 2.94. The van der Waals surface area contributed by atoms with Crippen LogP contribution in [0.25, 0.3) is 11.3 Å². The third-order valence-corrected chi connectivity index (χ3v) is 5.97. The molecule has 0 atom stereocenters. The molecule has 1 aromatic heterocycles. The van der Waals surface area contributed by atoms with Gasteiger partial charge >= 0.3 is 0 Å². The molecule has 0 radical (unpaired) electrons. The van der Waals surface area contributed by atoms with Crippen LogP contribution in [0.4, 0.5) is 10.8 Å². The lowest BCUT2D eigenvalue weighted by atomic mass is 10.1. The molecule has 1 aliphatic rings. The standard InChI is InChI=1S/C21H18BrN3O3S/c1-3-25-16-10-13(7-8-17(16)28-11-18(25)26)19-12(2)29-21(23-19)24-20(27)14-5-4-6-15(22)9-14/h4-10H,3,11H2,1-2H3,(H,23,24,27). The Morgan fingerprint density at radius 3 is 2.90 bits per heavy atom. The van der Waals surface area contributed by atoms with Gasteiger partial charge < -0.3 is 9.64 Å². The fraction of sp³-hybridized carbons (Fsp3) is 0.190. The second-order valence-corrected chi connectivity index (χ2v) is 8.62. The van der Waals surface area contributed by atoms with Gasteiger partial charge in [-0.05, 0) is 50.2 Å². The first-order chi connectivity index (χ1) is 14.0. The van der Waals surface area contributed by atoms with E-state index in [-0.39, 0.29) is 18.4 Å². The van der Waals surface area contributed by atoms with Crippen molar-refractivity contribution in [1.29, 1.82) is 0 Å². The van der Waals surface area contributed by atoms with Gasteiger partial charge in [0, 0.05) is 27.0 Å². The summed E-state index contributed by atoms with van der Waals surface area (Å²) in [4.78, 5) is 31.9. The fourth-order valence-corrected chi connectivity index (χ4v) is 4.44. The van der Waals surface area contributed by atoms with Gasteiger partial charge in [0.15, 0.2) is 11.7 Å². The number of amides is 2. The Balaban J connectivity index is 1.62. The molecule has 3 aromatic rings. The Labute approximate surface area is 180 Å². The minimum atomic E-state index is -0.215. The maximum atomic E-state index is 12.5. The number of aryl methyl sites for hydroxylation is 1. The zero-order valence-corrected chi connectivity index (χ0v) is 18.3. The lowest BCUT2D eigenvalue weighted by molar-refractivity contribution is -0.121. The highest BCUT2D eigenvalue weighted by Gasteiger charge is 2.25. The number of fused-ring (bicyclic) bond motifs is 1. The number of likely N-dealkylation sites (N-methyl/N-ethyl adjacent to an activating group) is 1. The quantitative estimate of drug-likeness (QED) is 0.588. The largest absolute Gasteiger partial charge is 0.482 e. The van der Waals surface area contributed by atoms with Crippen molar-refractivity contribution in [3.05, 3.63) is 57.4 Å². The molecule has 0 aliphatic carbocycles. The van der Waals surface area contributed by atoms with Crippen LogP contribution >= 0.6 is 27.3 Å². The number of carbonyl (C=O) groups is 2. The van der Waals surface area contributed by atoms with Crippen molar-refractivity contribution in [3.8, 4) is 17.0 Å². The summed E-state index contributed by atoms with van der Waals surface area (Å²) >= 11 is 4.79. The van der Waals surface area contributed by atoms with E-state index in [2.05, 4.69) is 26.2 Å². The topological polar surface area (TPSA) is 71.5 Å². The number of benzene rings is 2. The number of ether oxygens (including phenoxy) is 1. The van der Waals surface area contributed by atoms with E-state index >= 15 is 0 Å². The Morgan fingerprint density at radius 1 is 1.31 bits per heavy atom. The zero-order chi connectivity index (χ0) is 20.5. The van der Waals surface area contributed by atoms with E-state index in [1.165, 1.54) is 11.3 Å². The average Bonchev–Trinajstić information content (AvgIpc) is 3.07. The SMILES string of the molecule is CCN1C(=O)COc2ccc(-c3nc(NC(=O)c4cccc(Br)c4)sc3C)cc21. The van der Waals surface area contributed by atoms with E-state index in [1.54, 1.807) is 17.0 Å². The fourth-order valence-electron chi connectivity index (χ4n) is 3.21. The number of halogens is 1. The first-order valence-electron chi connectivity index (χ1n) is 9.08. The number of nitrogens with zero attached hydrogens (tertiary/aromatic N) is 2. The predicted molar refractivity (Wildman–Crippen MR) is 118 cm³/mol. The second-order valence-electron chi connectivity index (χ2n) is 6.50. The molecule has 0 saturated heterocycles. The first kappa shape index (κ1) is 19.6. The number of thiazole rings is 1. The van der Waals surface area contributed by atoms with Crippen molar-refractivity contribution in [2.24, 2.45) is 0 Å². The number of anilines is 2. The minimum absolute atomic E-state index is 0.0572. The highest BCUT2D eigenvalue weighted by molar-refractivity contribution is 9.10. The monoisotopic (exact) mass is 471 g/mol. The van der Waals surface area contributed by atoms with Gasteiger partial charge in [-0.1, -0.05) is 22.0 Å². The van der Waals surface area contributed by atoms with Gasteiger partial charge in [0.05, 0.1) is 11.4 Å². The number of nitrogens with one attached hydrogen (secondary N) is 1. The summed E-state index contributed by atoms with van der Waals surface area (Å²) in [6, 6.07) is 12.9. The lowest BCUT2D eigenvalue weighted by Crippen LogP contribution is -2.38. The molecule has 1 N–H and O–H groups in total. The summed E-state index contributed by atoms with van der Waals surface area (Å²) in [6.07, 6.45) is 0. The molecular formula is C21H18BrN3O3S. The average molecular weight is 472 g/mol. The molecule has 0 bridgehead atoms. The van der Waals surface area contributed by atoms with Crippen LogP contribution in [0.15, 0.2) is 46.9 Å².